The zero-order chi connectivity index (χ0) is 11.4. The molecule has 0 aliphatic carbocycles. The molecular weight excluding hydrogens is 381 g/mol. The van der Waals surface area contributed by atoms with E-state index < -0.39 is 6.43 Å². The molecule has 0 aliphatic heterocycles. The Labute approximate surface area is 108 Å². The number of rotatable bonds is 3. The van der Waals surface area contributed by atoms with Gasteiger partial charge >= 0.3 is 0 Å². The molecule has 0 atom stereocenters. The maximum Gasteiger partial charge on any atom is 0.266 e. The first-order chi connectivity index (χ1) is 7.11. The van der Waals surface area contributed by atoms with Crippen LogP contribution in [0.1, 0.15) is 23.2 Å². The summed E-state index contributed by atoms with van der Waals surface area (Å²) in [4.78, 5) is 3.92. The molecule has 1 aromatic rings. The average molecular weight is 387 g/mol. The molecule has 0 saturated heterocycles. The number of nitrogens with zero attached hydrogens (tertiary/aromatic N) is 2. The highest BCUT2D eigenvalue weighted by atomic mass is 127. The Morgan fingerprint density at radius 3 is 2.73 bits per heavy atom. The van der Waals surface area contributed by atoms with Gasteiger partial charge in [0.15, 0.2) is 0 Å². The summed E-state index contributed by atoms with van der Waals surface area (Å²) in [5, 5.41) is 8.81. The van der Waals surface area contributed by atoms with E-state index in [0.717, 1.165) is 0 Å². The van der Waals surface area contributed by atoms with E-state index in [1.165, 1.54) is 6.20 Å². The van der Waals surface area contributed by atoms with E-state index in [9.17, 15) is 8.78 Å². The summed E-state index contributed by atoms with van der Waals surface area (Å²) in [5.74, 6) is 0. The first-order valence-corrected chi connectivity index (χ1v) is 6.19. The van der Waals surface area contributed by atoms with Crippen LogP contribution < -0.4 is 0 Å². The third-order valence-electron chi connectivity index (χ3n) is 1.82. The van der Waals surface area contributed by atoms with Crippen molar-refractivity contribution in [1.82, 2.24) is 4.98 Å². The largest absolute Gasteiger partial charge is 0.266 e. The van der Waals surface area contributed by atoms with Gasteiger partial charge in [-0.3, -0.25) is 4.98 Å². The van der Waals surface area contributed by atoms with E-state index in [4.69, 9.17) is 5.26 Å². The minimum atomic E-state index is -2.56. The predicted molar refractivity (Wildman–Crippen MR) is 63.9 cm³/mol. The first-order valence-electron chi connectivity index (χ1n) is 3.99. The van der Waals surface area contributed by atoms with Crippen LogP contribution in [0.3, 0.4) is 0 Å². The molecule has 0 amide bonds. The molecule has 0 spiro atoms. The third-order valence-corrected chi connectivity index (χ3v) is 3.62. The Morgan fingerprint density at radius 1 is 1.60 bits per heavy atom. The lowest BCUT2D eigenvalue weighted by atomic mass is 10.1. The molecule has 6 heteroatoms. The normalized spacial score (nSPS) is 10.4. The molecule has 2 nitrogen and oxygen atoms in total. The second kappa shape index (κ2) is 5.70. The Kier molecular flexibility index (Phi) is 4.86. The molecule has 0 saturated carbocycles. The molecule has 1 heterocycles. The lowest BCUT2D eigenvalue weighted by Crippen LogP contribution is -2.03. The van der Waals surface area contributed by atoms with Gasteiger partial charge in [0.1, 0.15) is 0 Å². The lowest BCUT2D eigenvalue weighted by Gasteiger charge is -2.10. The molecule has 1 aromatic heterocycles. The van der Waals surface area contributed by atoms with Crippen LogP contribution in [0.2, 0.25) is 0 Å². The molecular formula is C9H6BrF2IN2. The highest BCUT2D eigenvalue weighted by Gasteiger charge is 2.19. The van der Waals surface area contributed by atoms with Gasteiger partial charge in [0.25, 0.3) is 6.43 Å². The van der Waals surface area contributed by atoms with Gasteiger partial charge in [-0.1, -0.05) is 15.9 Å². The van der Waals surface area contributed by atoms with Crippen LogP contribution in [-0.4, -0.2) is 4.98 Å². The van der Waals surface area contributed by atoms with Gasteiger partial charge in [-0.15, -0.1) is 0 Å². The molecule has 0 aromatic carbocycles. The Bertz CT molecular complexity index is 404. The van der Waals surface area contributed by atoms with E-state index in [2.05, 4.69) is 20.9 Å². The fourth-order valence-electron chi connectivity index (χ4n) is 1.12. The molecule has 1 rings (SSSR count). The molecule has 0 radical (unpaired) electrons. The van der Waals surface area contributed by atoms with Crippen LogP contribution in [0, 0.1) is 14.9 Å². The number of halogens is 4. The van der Waals surface area contributed by atoms with Crippen LogP contribution in [0.15, 0.2) is 6.20 Å². The van der Waals surface area contributed by atoms with Crippen LogP contribution in [0.4, 0.5) is 8.78 Å². The average Bonchev–Trinajstić information content (AvgIpc) is 2.20. The van der Waals surface area contributed by atoms with Crippen molar-refractivity contribution in [1.29, 1.82) is 5.26 Å². The van der Waals surface area contributed by atoms with Crippen molar-refractivity contribution in [3.8, 4) is 6.07 Å². The van der Waals surface area contributed by atoms with Gasteiger partial charge in [-0.25, -0.2) is 8.78 Å². The smallest absolute Gasteiger partial charge is 0.260 e. The second-order valence-electron chi connectivity index (χ2n) is 2.73. The molecule has 15 heavy (non-hydrogen) atoms. The predicted octanol–water partition coefficient (Wildman–Crippen LogP) is 3.58. The number of aromatic nitrogens is 1. The summed E-state index contributed by atoms with van der Waals surface area (Å²) in [6.07, 6.45) is -0.975. The van der Waals surface area contributed by atoms with Crippen LogP contribution in [-0.2, 0) is 11.8 Å². The quantitative estimate of drug-likeness (QED) is 0.588. The van der Waals surface area contributed by atoms with Crippen molar-refractivity contribution < 1.29 is 8.78 Å². The zero-order valence-electron chi connectivity index (χ0n) is 7.48. The minimum absolute atomic E-state index is 0.0692. The van der Waals surface area contributed by atoms with Crippen molar-refractivity contribution in [2.75, 3.05) is 0 Å². The Balaban J connectivity index is 3.30. The Morgan fingerprint density at radius 2 is 2.27 bits per heavy atom. The van der Waals surface area contributed by atoms with Gasteiger partial charge in [0.2, 0.25) is 0 Å². The summed E-state index contributed by atoms with van der Waals surface area (Å²) in [7, 11) is 0. The zero-order valence-corrected chi connectivity index (χ0v) is 11.2. The minimum Gasteiger partial charge on any atom is -0.260 e. The topological polar surface area (TPSA) is 36.7 Å². The maximum absolute atomic E-state index is 12.7. The molecule has 0 aliphatic rings. The number of hydrogen-bond acceptors (Lipinski definition) is 2. The molecule has 0 fully saturated rings. The van der Waals surface area contributed by atoms with E-state index in [-0.39, 0.29) is 17.3 Å². The molecule has 0 unspecified atom stereocenters. The third kappa shape index (κ3) is 2.84. The summed E-state index contributed by atoms with van der Waals surface area (Å²) in [6, 6.07) is 1.93. The van der Waals surface area contributed by atoms with Crippen LogP contribution >= 0.6 is 38.5 Å². The standard InChI is InChI=1S/C9H6BrF2IN2/c10-3-6-7(9(11)12)8(13)5(1-2-14)4-15-6/h4,9H,1,3H2. The lowest BCUT2D eigenvalue weighted by molar-refractivity contribution is 0.149. The fraction of sp³-hybridized carbons (Fsp3) is 0.333. The fourth-order valence-corrected chi connectivity index (χ4v) is 2.44. The van der Waals surface area contributed by atoms with E-state index in [1.54, 1.807) is 0 Å². The monoisotopic (exact) mass is 386 g/mol. The van der Waals surface area contributed by atoms with Gasteiger partial charge in [-0.05, 0) is 28.2 Å². The SMILES string of the molecule is N#CCc1cnc(CBr)c(C(F)F)c1I. The van der Waals surface area contributed by atoms with Gasteiger partial charge in [-0.2, -0.15) is 5.26 Å². The maximum atomic E-state index is 12.7. The number of pyridine rings is 1. The molecule has 0 bridgehead atoms. The highest BCUT2D eigenvalue weighted by molar-refractivity contribution is 14.1. The van der Waals surface area contributed by atoms with Crippen molar-refractivity contribution in [3.63, 3.8) is 0 Å². The summed E-state index contributed by atoms with van der Waals surface area (Å²) >= 11 is 4.95. The van der Waals surface area contributed by atoms with Crippen molar-refractivity contribution in [3.05, 3.63) is 26.6 Å². The van der Waals surface area contributed by atoms with Crippen molar-refractivity contribution >= 4 is 38.5 Å². The number of alkyl halides is 3. The van der Waals surface area contributed by atoms with Crippen molar-refractivity contribution in [2.45, 2.75) is 18.2 Å². The molecule has 80 valence electrons. The highest BCUT2D eigenvalue weighted by Crippen LogP contribution is 2.30. The van der Waals surface area contributed by atoms with Gasteiger partial charge < -0.3 is 0 Å². The summed E-state index contributed by atoms with van der Waals surface area (Å²) < 4.78 is 25.9. The number of nitriles is 1. The van der Waals surface area contributed by atoms with Crippen LogP contribution in [0.25, 0.3) is 0 Å². The summed E-state index contributed by atoms with van der Waals surface area (Å²) in [6.45, 7) is 0. The van der Waals surface area contributed by atoms with Gasteiger partial charge in [0.05, 0.1) is 23.7 Å². The Hall–Kier alpha value is -0.290. The number of hydrogen-bond donors (Lipinski definition) is 0. The summed E-state index contributed by atoms with van der Waals surface area (Å²) in [5.41, 5.74) is 0.814. The van der Waals surface area contributed by atoms with E-state index in [1.807, 2.05) is 28.7 Å². The van der Waals surface area contributed by atoms with Crippen LogP contribution in [0.5, 0.6) is 0 Å². The van der Waals surface area contributed by atoms with E-state index >= 15 is 0 Å². The first kappa shape index (κ1) is 12.8. The van der Waals surface area contributed by atoms with E-state index in [0.29, 0.717) is 14.8 Å². The molecule has 0 N–H and O–H groups in total. The second-order valence-corrected chi connectivity index (χ2v) is 4.37. The van der Waals surface area contributed by atoms with Gasteiger partial charge in [0, 0.05) is 15.1 Å². The van der Waals surface area contributed by atoms with Crippen molar-refractivity contribution in [2.24, 2.45) is 0 Å².